The monoisotopic (exact) mass is 510 g/mol. The maximum absolute atomic E-state index is 13.7. The van der Waals surface area contributed by atoms with Crippen molar-refractivity contribution in [2.75, 3.05) is 19.9 Å². The molecule has 2 amide bonds. The van der Waals surface area contributed by atoms with Crippen molar-refractivity contribution in [3.05, 3.63) is 80.5 Å². The van der Waals surface area contributed by atoms with Crippen LogP contribution in [0.3, 0.4) is 0 Å². The van der Waals surface area contributed by atoms with Crippen LogP contribution in [0.1, 0.15) is 39.2 Å². The number of aryl methyl sites for hydroxylation is 1. The third kappa shape index (κ3) is 5.80. The van der Waals surface area contributed by atoms with E-state index in [9.17, 15) is 9.59 Å². The summed E-state index contributed by atoms with van der Waals surface area (Å²) in [5, 5.41) is 2.62. The van der Waals surface area contributed by atoms with Crippen LogP contribution >= 0.6 is 22.9 Å². The number of carbonyl (C=O) groups is 2. The summed E-state index contributed by atoms with van der Waals surface area (Å²) in [4.78, 5) is 31.7. The average molecular weight is 511 g/mol. The highest BCUT2D eigenvalue weighted by molar-refractivity contribution is 7.10. The minimum Gasteiger partial charge on any atom is -0.454 e. The van der Waals surface area contributed by atoms with Crippen LogP contribution in [0.5, 0.6) is 11.5 Å². The first-order chi connectivity index (χ1) is 17.0. The average Bonchev–Trinajstić information content (AvgIpc) is 3.39. The molecule has 1 aromatic heterocycles. The van der Waals surface area contributed by atoms with Crippen LogP contribution < -0.4 is 9.47 Å². The van der Waals surface area contributed by atoms with E-state index >= 15 is 0 Å². The van der Waals surface area contributed by atoms with Gasteiger partial charge in [0.15, 0.2) is 11.5 Å². The van der Waals surface area contributed by atoms with Gasteiger partial charge in [-0.2, -0.15) is 0 Å². The highest BCUT2D eigenvalue weighted by Gasteiger charge is 2.30. The van der Waals surface area contributed by atoms with Crippen LogP contribution in [0.25, 0.3) is 0 Å². The lowest BCUT2D eigenvalue weighted by molar-refractivity contribution is -0.133. The third-order valence-electron chi connectivity index (χ3n) is 6.35. The SMILES string of the molecule is Cc1ccsc1CN(Cc1ccc2c(c1)OCO2)C(=O)CN(CC1CC1)C(=O)c1ccc(Cl)cc1. The van der Waals surface area contributed by atoms with Gasteiger partial charge in [-0.05, 0) is 84.7 Å². The highest BCUT2D eigenvalue weighted by atomic mass is 35.5. The van der Waals surface area contributed by atoms with E-state index in [4.69, 9.17) is 21.1 Å². The number of ether oxygens (including phenoxy) is 2. The second-order valence-corrected chi connectivity index (χ2v) is 10.5. The normalized spacial score (nSPS) is 14.1. The Balaban J connectivity index is 1.36. The number of benzene rings is 2. The number of thiophene rings is 1. The van der Waals surface area contributed by atoms with Crippen LogP contribution in [-0.4, -0.2) is 41.5 Å². The molecule has 0 saturated heterocycles. The fourth-order valence-corrected chi connectivity index (χ4v) is 5.15. The van der Waals surface area contributed by atoms with Gasteiger partial charge in [-0.3, -0.25) is 9.59 Å². The summed E-state index contributed by atoms with van der Waals surface area (Å²) in [6, 6.07) is 14.7. The molecule has 8 heteroatoms. The zero-order chi connectivity index (χ0) is 24.4. The van der Waals surface area contributed by atoms with Crippen molar-refractivity contribution in [1.29, 1.82) is 0 Å². The molecule has 0 radical (unpaired) electrons. The fourth-order valence-electron chi connectivity index (χ4n) is 4.10. The highest BCUT2D eigenvalue weighted by Crippen LogP contribution is 2.33. The summed E-state index contributed by atoms with van der Waals surface area (Å²) in [6.45, 7) is 3.79. The largest absolute Gasteiger partial charge is 0.454 e. The van der Waals surface area contributed by atoms with Gasteiger partial charge in [0.25, 0.3) is 5.91 Å². The number of halogens is 1. The molecule has 35 heavy (non-hydrogen) atoms. The molecule has 1 saturated carbocycles. The summed E-state index contributed by atoms with van der Waals surface area (Å²) in [7, 11) is 0. The fraction of sp³-hybridized carbons (Fsp3) is 0.333. The van der Waals surface area contributed by atoms with Crippen LogP contribution in [-0.2, 0) is 17.9 Å². The summed E-state index contributed by atoms with van der Waals surface area (Å²) in [6.07, 6.45) is 2.18. The molecule has 2 aromatic carbocycles. The lowest BCUT2D eigenvalue weighted by atomic mass is 10.1. The molecule has 5 rings (SSSR count). The first-order valence-electron chi connectivity index (χ1n) is 11.7. The molecule has 0 spiro atoms. The first-order valence-corrected chi connectivity index (χ1v) is 13.0. The number of hydrogen-bond acceptors (Lipinski definition) is 5. The van der Waals surface area contributed by atoms with Gasteiger partial charge in [0, 0.05) is 28.6 Å². The Morgan fingerprint density at radius 2 is 1.77 bits per heavy atom. The molecule has 3 aromatic rings. The minimum absolute atomic E-state index is 0.0347. The quantitative estimate of drug-likeness (QED) is 0.380. The van der Waals surface area contributed by atoms with Crippen molar-refractivity contribution >= 4 is 34.8 Å². The van der Waals surface area contributed by atoms with Crippen LogP contribution in [0.2, 0.25) is 5.02 Å². The molecule has 0 atom stereocenters. The van der Waals surface area contributed by atoms with E-state index in [1.807, 2.05) is 28.5 Å². The number of amides is 2. The predicted molar refractivity (Wildman–Crippen MR) is 136 cm³/mol. The van der Waals surface area contributed by atoms with E-state index in [0.717, 1.165) is 28.8 Å². The maximum atomic E-state index is 13.7. The Kier molecular flexibility index (Phi) is 6.97. The summed E-state index contributed by atoms with van der Waals surface area (Å²) >= 11 is 7.65. The van der Waals surface area contributed by atoms with Crippen molar-refractivity contribution in [1.82, 2.24) is 9.80 Å². The zero-order valence-corrected chi connectivity index (χ0v) is 21.1. The zero-order valence-electron chi connectivity index (χ0n) is 19.5. The smallest absolute Gasteiger partial charge is 0.254 e. The summed E-state index contributed by atoms with van der Waals surface area (Å²) in [5.74, 6) is 1.64. The Hall–Kier alpha value is -3.03. The van der Waals surface area contributed by atoms with Gasteiger partial charge in [-0.25, -0.2) is 0 Å². The number of rotatable bonds is 9. The molecule has 182 valence electrons. The Morgan fingerprint density at radius 3 is 2.49 bits per heavy atom. The van der Waals surface area contributed by atoms with Gasteiger partial charge >= 0.3 is 0 Å². The van der Waals surface area contributed by atoms with Crippen molar-refractivity contribution in [2.24, 2.45) is 5.92 Å². The molecule has 2 heterocycles. The number of nitrogens with zero attached hydrogens (tertiary/aromatic N) is 2. The Labute approximate surface area is 214 Å². The van der Waals surface area contributed by atoms with Crippen molar-refractivity contribution in [2.45, 2.75) is 32.9 Å². The van der Waals surface area contributed by atoms with Gasteiger partial charge in [0.05, 0.1) is 6.54 Å². The minimum atomic E-state index is -0.141. The molecule has 6 nitrogen and oxygen atoms in total. The summed E-state index contributed by atoms with van der Waals surface area (Å²) in [5.41, 5.74) is 2.65. The van der Waals surface area contributed by atoms with Crippen molar-refractivity contribution in [3.8, 4) is 11.5 Å². The van der Waals surface area contributed by atoms with Crippen LogP contribution in [0, 0.1) is 12.8 Å². The van der Waals surface area contributed by atoms with Crippen molar-refractivity contribution in [3.63, 3.8) is 0 Å². The number of fused-ring (bicyclic) bond motifs is 1. The van der Waals surface area contributed by atoms with Gasteiger partial charge in [0.2, 0.25) is 12.7 Å². The lowest BCUT2D eigenvalue weighted by Crippen LogP contribution is -2.43. The van der Waals surface area contributed by atoms with E-state index in [0.29, 0.717) is 47.6 Å². The maximum Gasteiger partial charge on any atom is 0.254 e. The summed E-state index contributed by atoms with van der Waals surface area (Å²) < 4.78 is 10.9. The number of carbonyl (C=O) groups excluding carboxylic acids is 2. The molecule has 1 fully saturated rings. The van der Waals surface area contributed by atoms with Gasteiger partial charge in [0.1, 0.15) is 6.54 Å². The van der Waals surface area contributed by atoms with E-state index in [1.54, 1.807) is 40.5 Å². The molecular formula is C27H27ClN2O4S. The second-order valence-electron chi connectivity index (χ2n) is 9.10. The van der Waals surface area contributed by atoms with E-state index in [2.05, 4.69) is 13.0 Å². The molecule has 0 unspecified atom stereocenters. The van der Waals surface area contributed by atoms with Crippen LogP contribution in [0.15, 0.2) is 53.9 Å². The topological polar surface area (TPSA) is 59.1 Å². The predicted octanol–water partition coefficient (Wildman–Crippen LogP) is 5.52. The molecule has 0 bridgehead atoms. The molecular weight excluding hydrogens is 484 g/mol. The molecule has 1 aliphatic heterocycles. The van der Waals surface area contributed by atoms with E-state index in [1.165, 1.54) is 0 Å². The van der Waals surface area contributed by atoms with Gasteiger partial charge in [-0.15, -0.1) is 11.3 Å². The third-order valence-corrected chi connectivity index (χ3v) is 7.61. The molecule has 1 aliphatic carbocycles. The van der Waals surface area contributed by atoms with Gasteiger partial charge in [-0.1, -0.05) is 17.7 Å². The van der Waals surface area contributed by atoms with Crippen LogP contribution in [0.4, 0.5) is 0 Å². The van der Waals surface area contributed by atoms with Crippen molar-refractivity contribution < 1.29 is 19.1 Å². The van der Waals surface area contributed by atoms with Gasteiger partial charge < -0.3 is 19.3 Å². The first kappa shape index (κ1) is 23.7. The second kappa shape index (κ2) is 10.3. The molecule has 2 aliphatic rings. The molecule has 0 N–H and O–H groups in total. The standard InChI is InChI=1S/C27H27ClN2O4S/c1-18-10-11-35-25(18)15-29(14-20-4-9-23-24(12-20)34-17-33-23)26(31)16-30(13-19-2-3-19)27(32)21-5-7-22(28)8-6-21/h4-12,19H,2-3,13-17H2,1H3. The lowest BCUT2D eigenvalue weighted by Gasteiger charge is -2.28. The number of hydrogen-bond donors (Lipinski definition) is 0. The Bertz CT molecular complexity index is 1220. The van der Waals surface area contributed by atoms with E-state index < -0.39 is 0 Å². The van der Waals surface area contributed by atoms with E-state index in [-0.39, 0.29) is 25.2 Å². The Morgan fingerprint density at radius 1 is 1.00 bits per heavy atom.